The van der Waals surface area contributed by atoms with Gasteiger partial charge in [-0.3, -0.25) is 5.41 Å². The molecule has 0 amide bonds. The Kier molecular flexibility index (Phi) is 4.90. The zero-order chi connectivity index (χ0) is 20.8. The fourth-order valence-corrected chi connectivity index (χ4v) is 3.57. The average molecular weight is 398 g/mol. The highest BCUT2D eigenvalue weighted by Crippen LogP contribution is 2.41. The van der Waals surface area contributed by atoms with Gasteiger partial charge in [-0.1, -0.05) is 0 Å². The molecule has 1 aliphatic heterocycles. The molecule has 1 saturated carbocycles. The van der Waals surface area contributed by atoms with E-state index in [1.165, 1.54) is 18.5 Å². The molecule has 2 fully saturated rings. The fourth-order valence-electron chi connectivity index (χ4n) is 3.57. The smallest absolute Gasteiger partial charge is 0.167 e. The van der Waals surface area contributed by atoms with E-state index in [1.54, 1.807) is 6.07 Å². The second-order valence-electron chi connectivity index (χ2n) is 8.41. The predicted octanol–water partition coefficient (Wildman–Crippen LogP) is 2.69. The Morgan fingerprint density at radius 1 is 1.31 bits per heavy atom. The maximum Gasteiger partial charge on any atom is 0.167 e. The number of rotatable bonds is 6. The number of aromatic nitrogens is 2. The summed E-state index contributed by atoms with van der Waals surface area (Å²) in [6.07, 6.45) is 4.31. The molecular formula is C21H27FN6O. The SMILES string of the molecule is CN(C)C1CCN(c2cc(C(=N)c3cc(OC4(C)CC4)c(F)cc3N)ncn2)C1. The molecule has 1 atom stereocenters. The van der Waals surface area contributed by atoms with Gasteiger partial charge in [-0.15, -0.1) is 0 Å². The van der Waals surface area contributed by atoms with Crippen molar-refractivity contribution in [2.75, 3.05) is 37.8 Å². The molecule has 1 aromatic heterocycles. The van der Waals surface area contributed by atoms with Gasteiger partial charge in [0.25, 0.3) is 0 Å². The van der Waals surface area contributed by atoms with Gasteiger partial charge < -0.3 is 20.3 Å². The lowest BCUT2D eigenvalue weighted by molar-refractivity contribution is 0.191. The van der Waals surface area contributed by atoms with Crippen LogP contribution in [0.4, 0.5) is 15.9 Å². The molecule has 1 saturated heterocycles. The van der Waals surface area contributed by atoms with Crippen LogP contribution in [0.3, 0.4) is 0 Å². The van der Waals surface area contributed by atoms with E-state index >= 15 is 0 Å². The van der Waals surface area contributed by atoms with Crippen molar-refractivity contribution in [3.63, 3.8) is 0 Å². The number of ether oxygens (including phenoxy) is 1. The monoisotopic (exact) mass is 398 g/mol. The van der Waals surface area contributed by atoms with E-state index in [0.29, 0.717) is 17.3 Å². The van der Waals surface area contributed by atoms with Crippen molar-refractivity contribution in [1.29, 1.82) is 5.41 Å². The van der Waals surface area contributed by atoms with E-state index in [-0.39, 0.29) is 22.7 Å². The summed E-state index contributed by atoms with van der Waals surface area (Å²) >= 11 is 0. The molecule has 7 nitrogen and oxygen atoms in total. The molecule has 2 heterocycles. The Hall–Kier alpha value is -2.74. The zero-order valence-electron chi connectivity index (χ0n) is 17.1. The fraction of sp³-hybridized carbons (Fsp3) is 0.476. The van der Waals surface area contributed by atoms with Crippen LogP contribution in [0.25, 0.3) is 0 Å². The first-order chi connectivity index (χ1) is 13.8. The van der Waals surface area contributed by atoms with Crippen LogP contribution < -0.4 is 15.4 Å². The Balaban J connectivity index is 1.59. The van der Waals surface area contributed by atoms with Gasteiger partial charge in [0.15, 0.2) is 11.6 Å². The van der Waals surface area contributed by atoms with Crippen molar-refractivity contribution in [2.24, 2.45) is 0 Å². The number of nitrogens with zero attached hydrogens (tertiary/aromatic N) is 4. The summed E-state index contributed by atoms with van der Waals surface area (Å²) in [6.45, 7) is 3.73. The number of benzene rings is 1. The number of nitrogens with one attached hydrogen (secondary N) is 1. The Labute approximate surface area is 170 Å². The van der Waals surface area contributed by atoms with Crippen LogP contribution >= 0.6 is 0 Å². The van der Waals surface area contributed by atoms with Crippen LogP contribution in [0, 0.1) is 11.2 Å². The first-order valence-electron chi connectivity index (χ1n) is 9.86. The van der Waals surface area contributed by atoms with Gasteiger partial charge in [0.2, 0.25) is 0 Å². The Bertz CT molecular complexity index is 943. The van der Waals surface area contributed by atoms with Crippen LogP contribution in [-0.2, 0) is 0 Å². The molecule has 1 aromatic carbocycles. The van der Waals surface area contributed by atoms with Crippen LogP contribution in [0.1, 0.15) is 37.4 Å². The van der Waals surface area contributed by atoms with Crippen LogP contribution in [-0.4, -0.2) is 59.4 Å². The van der Waals surface area contributed by atoms with Crippen molar-refractivity contribution in [3.8, 4) is 5.75 Å². The predicted molar refractivity (Wildman–Crippen MR) is 111 cm³/mol. The molecule has 29 heavy (non-hydrogen) atoms. The summed E-state index contributed by atoms with van der Waals surface area (Å²) in [4.78, 5) is 13.1. The molecule has 3 N–H and O–H groups in total. The lowest BCUT2D eigenvalue weighted by Gasteiger charge is -2.21. The minimum atomic E-state index is -0.512. The number of nitrogens with two attached hydrogens (primary N) is 1. The van der Waals surface area contributed by atoms with E-state index < -0.39 is 5.82 Å². The van der Waals surface area contributed by atoms with Gasteiger partial charge in [0, 0.05) is 42.5 Å². The normalized spacial score (nSPS) is 20.2. The molecule has 0 radical (unpaired) electrons. The molecule has 4 rings (SSSR count). The maximum absolute atomic E-state index is 14.3. The summed E-state index contributed by atoms with van der Waals surface area (Å²) in [6, 6.07) is 5.00. The molecule has 0 spiro atoms. The third kappa shape index (κ3) is 4.03. The van der Waals surface area contributed by atoms with Gasteiger partial charge in [0.1, 0.15) is 17.7 Å². The van der Waals surface area contributed by atoms with E-state index in [4.69, 9.17) is 15.9 Å². The van der Waals surface area contributed by atoms with Crippen molar-refractivity contribution in [3.05, 3.63) is 41.6 Å². The third-order valence-electron chi connectivity index (χ3n) is 5.81. The molecule has 154 valence electrons. The summed E-state index contributed by atoms with van der Waals surface area (Å²) in [5.41, 5.74) is 6.87. The number of hydrogen-bond acceptors (Lipinski definition) is 7. The Morgan fingerprint density at radius 3 is 2.72 bits per heavy atom. The summed E-state index contributed by atoms with van der Waals surface area (Å²) in [5, 5.41) is 8.63. The van der Waals surface area contributed by atoms with Gasteiger partial charge in [0.05, 0.1) is 11.4 Å². The van der Waals surface area contributed by atoms with E-state index in [2.05, 4.69) is 33.9 Å². The summed E-state index contributed by atoms with van der Waals surface area (Å²) in [5.74, 6) is 0.399. The van der Waals surface area contributed by atoms with Gasteiger partial charge in [-0.25, -0.2) is 14.4 Å². The first kappa shape index (κ1) is 19.6. The molecule has 1 aliphatic carbocycles. The van der Waals surface area contributed by atoms with Crippen molar-refractivity contribution >= 4 is 17.2 Å². The summed E-state index contributed by atoms with van der Waals surface area (Å²) < 4.78 is 20.1. The van der Waals surface area contributed by atoms with Gasteiger partial charge >= 0.3 is 0 Å². The molecule has 2 aromatic rings. The lowest BCUT2D eigenvalue weighted by Crippen LogP contribution is -2.31. The zero-order valence-corrected chi connectivity index (χ0v) is 17.1. The molecule has 8 heteroatoms. The number of anilines is 2. The minimum absolute atomic E-state index is 0.125. The van der Waals surface area contributed by atoms with Gasteiger partial charge in [-0.2, -0.15) is 0 Å². The van der Waals surface area contributed by atoms with Gasteiger partial charge in [-0.05, 0) is 46.3 Å². The highest BCUT2D eigenvalue weighted by atomic mass is 19.1. The highest BCUT2D eigenvalue weighted by molar-refractivity contribution is 6.13. The number of nitrogen functional groups attached to an aromatic ring is 1. The van der Waals surface area contributed by atoms with E-state index in [0.717, 1.165) is 38.2 Å². The topological polar surface area (TPSA) is 91.4 Å². The largest absolute Gasteiger partial charge is 0.484 e. The second kappa shape index (κ2) is 7.26. The molecule has 0 bridgehead atoms. The molecule has 1 unspecified atom stereocenters. The number of halogens is 1. The minimum Gasteiger partial charge on any atom is -0.484 e. The Morgan fingerprint density at radius 2 is 2.07 bits per heavy atom. The van der Waals surface area contributed by atoms with E-state index in [1.807, 2.05) is 6.92 Å². The number of hydrogen-bond donors (Lipinski definition) is 2. The molecule has 2 aliphatic rings. The summed E-state index contributed by atoms with van der Waals surface area (Å²) in [7, 11) is 4.16. The van der Waals surface area contributed by atoms with Crippen molar-refractivity contribution in [2.45, 2.75) is 37.8 Å². The van der Waals surface area contributed by atoms with Crippen LogP contribution in [0.15, 0.2) is 24.5 Å². The first-order valence-corrected chi connectivity index (χ1v) is 9.86. The maximum atomic E-state index is 14.3. The lowest BCUT2D eigenvalue weighted by atomic mass is 10.0. The quantitative estimate of drug-likeness (QED) is 0.574. The average Bonchev–Trinajstić information content (AvgIpc) is 3.20. The highest BCUT2D eigenvalue weighted by Gasteiger charge is 2.40. The van der Waals surface area contributed by atoms with Crippen molar-refractivity contribution < 1.29 is 9.13 Å². The second-order valence-corrected chi connectivity index (χ2v) is 8.41. The third-order valence-corrected chi connectivity index (χ3v) is 5.81. The van der Waals surface area contributed by atoms with E-state index in [9.17, 15) is 4.39 Å². The number of likely N-dealkylation sites (N-methyl/N-ethyl adjacent to an activating group) is 1. The van der Waals surface area contributed by atoms with Crippen LogP contribution in [0.2, 0.25) is 0 Å². The van der Waals surface area contributed by atoms with Crippen LogP contribution in [0.5, 0.6) is 5.75 Å². The molecular weight excluding hydrogens is 371 g/mol. The standard InChI is InChI=1S/C21H27FN6O/c1-21(5-6-21)29-18-8-14(16(23)9-15(18)22)20(24)17-10-19(26-12-25-17)28-7-4-13(11-28)27(2)3/h8-10,12-13,24H,4-7,11,23H2,1-3H3. The van der Waals surface area contributed by atoms with Crippen molar-refractivity contribution in [1.82, 2.24) is 14.9 Å².